The minimum atomic E-state index is -3.59. The maximum atomic E-state index is 14.0. The van der Waals surface area contributed by atoms with Crippen molar-refractivity contribution in [1.82, 2.24) is 18.8 Å². The lowest BCUT2D eigenvalue weighted by molar-refractivity contribution is -0.134. The van der Waals surface area contributed by atoms with Crippen molar-refractivity contribution in [3.05, 3.63) is 45.6 Å². The molecule has 5 rings (SSSR count). The Morgan fingerprint density at radius 1 is 0.860 bits per heavy atom. The van der Waals surface area contributed by atoms with Gasteiger partial charge in [-0.3, -0.25) is 14.4 Å². The fourth-order valence-corrected chi connectivity index (χ4v) is 8.95. The Bertz CT molecular complexity index is 1730. The molecular formula is C36H51N5O8S. The van der Waals surface area contributed by atoms with E-state index in [9.17, 15) is 22.8 Å². The van der Waals surface area contributed by atoms with Gasteiger partial charge in [0.05, 0.1) is 33.1 Å². The van der Waals surface area contributed by atoms with Crippen LogP contribution in [0.15, 0.2) is 29.1 Å². The number of methoxy groups -OCH3 is 3. The lowest BCUT2D eigenvalue weighted by Crippen LogP contribution is -2.57. The summed E-state index contributed by atoms with van der Waals surface area (Å²) in [4.78, 5) is 42.0. The fraction of sp³-hybridized carbons (Fsp3) is 0.583. The molecule has 0 radical (unpaired) electrons. The largest absolute Gasteiger partial charge is 0.493 e. The number of aryl methyl sites for hydroxylation is 1. The Morgan fingerprint density at radius 2 is 1.50 bits per heavy atom. The number of ether oxygens (including phenoxy) is 3. The quantitative estimate of drug-likeness (QED) is 0.378. The minimum absolute atomic E-state index is 0.186. The van der Waals surface area contributed by atoms with Crippen LogP contribution in [-0.4, -0.2) is 100 Å². The van der Waals surface area contributed by atoms with Gasteiger partial charge in [-0.15, -0.1) is 0 Å². The van der Waals surface area contributed by atoms with E-state index in [4.69, 9.17) is 14.2 Å². The van der Waals surface area contributed by atoms with E-state index in [-0.39, 0.29) is 55.0 Å². The van der Waals surface area contributed by atoms with Crippen molar-refractivity contribution in [2.45, 2.75) is 71.4 Å². The Labute approximate surface area is 295 Å². The van der Waals surface area contributed by atoms with Crippen LogP contribution >= 0.6 is 0 Å². The van der Waals surface area contributed by atoms with E-state index in [2.05, 4.69) is 10.6 Å². The number of hydrogen-bond acceptors (Lipinski definition) is 9. The molecule has 0 unspecified atom stereocenters. The number of fused-ring (bicyclic) bond motifs is 3. The molecule has 50 heavy (non-hydrogen) atoms. The highest BCUT2D eigenvalue weighted by molar-refractivity contribution is 7.86. The van der Waals surface area contributed by atoms with Crippen molar-refractivity contribution in [3.8, 4) is 28.4 Å². The number of amides is 2. The van der Waals surface area contributed by atoms with Gasteiger partial charge in [-0.1, -0.05) is 32.8 Å². The summed E-state index contributed by atoms with van der Waals surface area (Å²) in [5.74, 6) is 0.763. The fourth-order valence-electron chi connectivity index (χ4n) is 7.28. The number of hydrogen-bond donors (Lipinski definition) is 2. The molecule has 0 bridgehead atoms. The molecule has 2 atom stereocenters. The molecule has 1 aliphatic carbocycles. The number of anilines is 1. The molecule has 0 aromatic heterocycles. The molecule has 13 nitrogen and oxygen atoms in total. The third-order valence-corrected chi connectivity index (χ3v) is 12.0. The molecule has 2 aromatic carbocycles. The zero-order valence-corrected chi connectivity index (χ0v) is 30.9. The first-order valence-electron chi connectivity index (χ1n) is 17.5. The van der Waals surface area contributed by atoms with Crippen molar-refractivity contribution in [1.29, 1.82) is 0 Å². The number of benzene rings is 1. The van der Waals surface area contributed by atoms with Gasteiger partial charge in [-0.05, 0) is 66.5 Å². The van der Waals surface area contributed by atoms with Crippen LogP contribution in [0.5, 0.6) is 17.2 Å². The highest BCUT2D eigenvalue weighted by Crippen LogP contribution is 2.50. The van der Waals surface area contributed by atoms with Gasteiger partial charge < -0.3 is 29.7 Å². The zero-order valence-electron chi connectivity index (χ0n) is 30.0. The van der Waals surface area contributed by atoms with Gasteiger partial charge in [0, 0.05) is 51.8 Å². The smallest absolute Gasteiger partial charge is 0.282 e. The minimum Gasteiger partial charge on any atom is -0.493 e. The molecule has 2 fully saturated rings. The molecule has 0 saturated carbocycles. The van der Waals surface area contributed by atoms with Crippen molar-refractivity contribution >= 4 is 27.7 Å². The molecule has 2 aromatic rings. The molecule has 2 N–H and O–H groups in total. The summed E-state index contributed by atoms with van der Waals surface area (Å²) in [5, 5.41) is 6.26. The van der Waals surface area contributed by atoms with Crippen LogP contribution < -0.4 is 30.3 Å². The number of nitrogens with zero attached hydrogens (tertiary/aromatic N) is 3. The number of carbonyl (C=O) groups excluding carboxylic acids is 2. The second kappa shape index (κ2) is 16.0. The molecular weight excluding hydrogens is 662 g/mol. The predicted molar refractivity (Wildman–Crippen MR) is 192 cm³/mol. The molecule has 3 aliphatic rings. The summed E-state index contributed by atoms with van der Waals surface area (Å²) < 4.78 is 47.0. The van der Waals surface area contributed by atoms with Gasteiger partial charge in [0.15, 0.2) is 11.5 Å². The molecule has 2 heterocycles. The summed E-state index contributed by atoms with van der Waals surface area (Å²) in [7, 11) is 1.04. The Morgan fingerprint density at radius 3 is 2.08 bits per heavy atom. The lowest BCUT2D eigenvalue weighted by atomic mass is 9.95. The van der Waals surface area contributed by atoms with E-state index in [0.29, 0.717) is 54.3 Å². The third-order valence-electron chi connectivity index (χ3n) is 9.93. The van der Waals surface area contributed by atoms with Crippen LogP contribution in [0.4, 0.5) is 5.69 Å². The Kier molecular flexibility index (Phi) is 12.0. The molecule has 0 spiro atoms. The van der Waals surface area contributed by atoms with Crippen molar-refractivity contribution < 1.29 is 32.2 Å². The van der Waals surface area contributed by atoms with Gasteiger partial charge >= 0.3 is 0 Å². The van der Waals surface area contributed by atoms with E-state index in [1.54, 1.807) is 29.5 Å². The summed E-state index contributed by atoms with van der Waals surface area (Å²) in [6, 6.07) is 5.71. The molecule has 14 heteroatoms. The number of carbonyl (C=O) groups is 2. The van der Waals surface area contributed by atoms with Gasteiger partial charge in [0.2, 0.25) is 23.0 Å². The van der Waals surface area contributed by atoms with Gasteiger partial charge in [0.25, 0.3) is 10.2 Å². The monoisotopic (exact) mass is 713 g/mol. The van der Waals surface area contributed by atoms with E-state index in [1.807, 2.05) is 26.0 Å². The van der Waals surface area contributed by atoms with Gasteiger partial charge in [-0.2, -0.15) is 17.0 Å². The second-order valence-corrected chi connectivity index (χ2v) is 15.4. The third kappa shape index (κ3) is 7.71. The average molecular weight is 714 g/mol. The molecule has 2 amide bonds. The number of piperazine rings is 1. The van der Waals surface area contributed by atoms with E-state index in [1.165, 1.54) is 24.4 Å². The van der Waals surface area contributed by atoms with E-state index < -0.39 is 22.3 Å². The Balaban J connectivity index is 1.45. The predicted octanol–water partition coefficient (Wildman–Crippen LogP) is 3.56. The number of rotatable bonds is 10. The average Bonchev–Trinajstić information content (AvgIpc) is 3.52. The van der Waals surface area contributed by atoms with E-state index in [0.717, 1.165) is 36.8 Å². The molecule has 274 valence electrons. The van der Waals surface area contributed by atoms with Crippen LogP contribution in [0, 0.1) is 5.92 Å². The van der Waals surface area contributed by atoms with Crippen LogP contribution in [0.3, 0.4) is 0 Å². The van der Waals surface area contributed by atoms with Crippen LogP contribution in [-0.2, 0) is 26.2 Å². The standard InChI is InChI=1S/C36H51N5O8S/c1-23(2)33(36(44)39-17-19-41(20-18-39)50(45,46)40-15-9-7-8-10-16-40)38-29-14-12-26-27(22-30(29)43)28(37-24(3)42)13-11-25-21-31(47-4)34(48-5)35(49-6)32(25)26/h12,14,21-23,28,33H,7-11,13,15-20H2,1-6H3,(H,37,42)(H,38,43)/t28-,33-/m0/s1. The van der Waals surface area contributed by atoms with Crippen LogP contribution in [0.2, 0.25) is 0 Å². The van der Waals surface area contributed by atoms with Crippen LogP contribution in [0.1, 0.15) is 70.0 Å². The topological polar surface area (TPSA) is 147 Å². The first-order chi connectivity index (χ1) is 23.9. The zero-order chi connectivity index (χ0) is 36.2. The van der Waals surface area contributed by atoms with E-state index >= 15 is 0 Å². The number of nitrogens with one attached hydrogen (secondary N) is 2. The first-order valence-corrected chi connectivity index (χ1v) is 18.9. The molecule has 2 saturated heterocycles. The summed E-state index contributed by atoms with van der Waals surface area (Å²) in [5.41, 5.74) is 2.85. The van der Waals surface area contributed by atoms with Gasteiger partial charge in [0.1, 0.15) is 6.04 Å². The van der Waals surface area contributed by atoms with Crippen molar-refractivity contribution in [3.63, 3.8) is 0 Å². The first kappa shape index (κ1) is 37.4. The summed E-state index contributed by atoms with van der Waals surface area (Å²) >= 11 is 0. The second-order valence-electron chi connectivity index (χ2n) is 13.5. The summed E-state index contributed by atoms with van der Waals surface area (Å²) in [6.07, 6.45) is 4.89. The lowest BCUT2D eigenvalue weighted by Gasteiger charge is -2.38. The van der Waals surface area contributed by atoms with Crippen molar-refractivity contribution in [2.75, 3.05) is 65.9 Å². The highest BCUT2D eigenvalue weighted by atomic mass is 32.2. The SMILES string of the molecule is COc1cc2c(c(OC)c1OC)-c1ccc(N[C@H](C(=O)N3CCN(S(=O)(=O)N4CCCCCC4)CC3)C(C)C)c(=O)cc1[C@@H](NC(C)=O)CC2. The van der Waals surface area contributed by atoms with Crippen LogP contribution in [0.25, 0.3) is 11.1 Å². The summed E-state index contributed by atoms with van der Waals surface area (Å²) in [6.45, 7) is 7.28. The highest BCUT2D eigenvalue weighted by Gasteiger charge is 2.36. The maximum Gasteiger partial charge on any atom is 0.282 e. The molecule has 2 aliphatic heterocycles. The van der Waals surface area contributed by atoms with Gasteiger partial charge in [-0.25, -0.2) is 0 Å². The maximum absolute atomic E-state index is 14.0. The normalized spacial score (nSPS) is 19.3. The van der Waals surface area contributed by atoms with Crippen molar-refractivity contribution in [2.24, 2.45) is 5.92 Å². The Hall–Kier alpha value is -3.88.